The summed E-state index contributed by atoms with van der Waals surface area (Å²) < 4.78 is 0. The lowest BCUT2D eigenvalue weighted by atomic mass is 9.92. The zero-order chi connectivity index (χ0) is 7.52. The molecule has 2 rings (SSSR count). The minimum atomic E-state index is 0.488. The van der Waals surface area contributed by atoms with E-state index in [4.69, 9.17) is 0 Å². The Balaban J connectivity index is 2.21. The molecule has 0 fully saturated rings. The van der Waals surface area contributed by atoms with Crippen LogP contribution in [-0.2, 0) is 0 Å². The maximum Gasteiger partial charge on any atom is 0.00861 e. The van der Waals surface area contributed by atoms with E-state index in [1.54, 1.807) is 0 Å². The molecule has 0 nitrogen and oxygen atoms in total. The quantitative estimate of drug-likeness (QED) is 0.490. The second kappa shape index (κ2) is 3.08. The number of hydrogen-bond donors (Lipinski definition) is 0. The van der Waals surface area contributed by atoms with Crippen LogP contribution in [0.15, 0.2) is 36.0 Å². The fraction of sp³-hybridized carbons (Fsp3) is 0.364. The molecule has 0 aromatic heterocycles. The summed E-state index contributed by atoms with van der Waals surface area (Å²) in [5.41, 5.74) is 1.44. The van der Waals surface area contributed by atoms with Crippen molar-refractivity contribution in [1.82, 2.24) is 0 Å². The summed E-state index contributed by atoms with van der Waals surface area (Å²) in [5.74, 6) is 0.488. The fourth-order valence-electron chi connectivity index (χ4n) is 1.57. The average molecular weight is 144 g/mol. The predicted molar refractivity (Wildman–Crippen MR) is 46.9 cm³/mol. The van der Waals surface area contributed by atoms with Gasteiger partial charge in [0.1, 0.15) is 0 Å². The van der Waals surface area contributed by atoms with Gasteiger partial charge in [0.25, 0.3) is 0 Å². The van der Waals surface area contributed by atoms with Gasteiger partial charge in [-0.15, -0.1) is 0 Å². The first kappa shape index (κ1) is 6.90. The van der Waals surface area contributed by atoms with Gasteiger partial charge in [0, 0.05) is 5.92 Å². The second-order valence-electron chi connectivity index (χ2n) is 3.02. The number of fused-ring (bicyclic) bond motifs is 1. The van der Waals surface area contributed by atoms with Crippen LogP contribution >= 0.6 is 0 Å². The Morgan fingerprint density at radius 2 is 2.36 bits per heavy atom. The molecule has 0 saturated heterocycles. The standard InChI is InChI=1S/C11H12/c1-2-6-10-8-4-5-9-11(10)7-3-1/h4-6,8-9,11H,1-3H2. The SMILES string of the molecule is [C]1CCCC=C2C=CC=CC12. The maximum atomic E-state index is 3.48. The first-order valence-corrected chi connectivity index (χ1v) is 4.25. The monoisotopic (exact) mass is 144 g/mol. The Hall–Kier alpha value is -0.780. The van der Waals surface area contributed by atoms with Gasteiger partial charge in [0.05, 0.1) is 0 Å². The molecule has 0 spiro atoms. The van der Waals surface area contributed by atoms with Crippen molar-refractivity contribution in [2.75, 3.05) is 0 Å². The van der Waals surface area contributed by atoms with Gasteiger partial charge >= 0.3 is 0 Å². The Morgan fingerprint density at radius 3 is 3.36 bits per heavy atom. The largest absolute Gasteiger partial charge is 0.0807 e. The van der Waals surface area contributed by atoms with Crippen molar-refractivity contribution in [3.05, 3.63) is 42.4 Å². The first-order valence-electron chi connectivity index (χ1n) is 4.25. The van der Waals surface area contributed by atoms with Crippen molar-refractivity contribution in [3.63, 3.8) is 0 Å². The molecule has 0 aromatic rings. The Morgan fingerprint density at radius 1 is 1.36 bits per heavy atom. The third-order valence-corrected chi connectivity index (χ3v) is 2.19. The summed E-state index contributed by atoms with van der Waals surface area (Å²) in [4.78, 5) is 0. The van der Waals surface area contributed by atoms with Gasteiger partial charge in [-0.25, -0.2) is 0 Å². The van der Waals surface area contributed by atoms with E-state index < -0.39 is 0 Å². The molecule has 2 aliphatic rings. The molecule has 2 aliphatic carbocycles. The molecule has 0 N–H and O–H groups in total. The molecule has 0 heteroatoms. The highest BCUT2D eigenvalue weighted by molar-refractivity contribution is 5.35. The first-order chi connectivity index (χ1) is 5.47. The lowest BCUT2D eigenvalue weighted by molar-refractivity contribution is 0.784. The van der Waals surface area contributed by atoms with Crippen LogP contribution in [0.3, 0.4) is 0 Å². The highest BCUT2D eigenvalue weighted by Gasteiger charge is 2.13. The van der Waals surface area contributed by atoms with Gasteiger partial charge in [-0.2, -0.15) is 0 Å². The minimum Gasteiger partial charge on any atom is -0.0807 e. The molecule has 0 aliphatic heterocycles. The normalized spacial score (nSPS) is 29.1. The smallest absolute Gasteiger partial charge is 0.00861 e. The van der Waals surface area contributed by atoms with E-state index in [-0.39, 0.29) is 0 Å². The van der Waals surface area contributed by atoms with Crippen molar-refractivity contribution >= 4 is 0 Å². The number of hydrogen-bond acceptors (Lipinski definition) is 0. The zero-order valence-electron chi connectivity index (χ0n) is 6.59. The van der Waals surface area contributed by atoms with Crippen LogP contribution in [-0.4, -0.2) is 0 Å². The molecule has 56 valence electrons. The third-order valence-electron chi connectivity index (χ3n) is 2.19. The predicted octanol–water partition coefficient (Wildman–Crippen LogP) is 2.92. The van der Waals surface area contributed by atoms with Crippen molar-refractivity contribution < 1.29 is 0 Å². The van der Waals surface area contributed by atoms with Crippen LogP contribution in [0.2, 0.25) is 0 Å². The highest BCUT2D eigenvalue weighted by Crippen LogP contribution is 2.27. The summed E-state index contributed by atoms with van der Waals surface area (Å²) in [6, 6.07) is 0. The van der Waals surface area contributed by atoms with Crippen LogP contribution < -0.4 is 0 Å². The second-order valence-corrected chi connectivity index (χ2v) is 3.02. The van der Waals surface area contributed by atoms with E-state index in [0.717, 1.165) is 6.42 Å². The maximum absolute atomic E-state index is 3.48. The lowest BCUT2D eigenvalue weighted by Crippen LogP contribution is -2.00. The molecule has 0 aromatic carbocycles. The van der Waals surface area contributed by atoms with Crippen LogP contribution in [0.4, 0.5) is 0 Å². The van der Waals surface area contributed by atoms with Crippen molar-refractivity contribution in [2.24, 2.45) is 5.92 Å². The van der Waals surface area contributed by atoms with Crippen LogP contribution in [0.1, 0.15) is 19.3 Å². The van der Waals surface area contributed by atoms with Crippen molar-refractivity contribution in [2.45, 2.75) is 19.3 Å². The summed E-state index contributed by atoms with van der Waals surface area (Å²) in [6.45, 7) is 0. The highest BCUT2D eigenvalue weighted by atomic mass is 14.2. The van der Waals surface area contributed by atoms with E-state index in [0.29, 0.717) is 5.92 Å². The topological polar surface area (TPSA) is 0 Å². The van der Waals surface area contributed by atoms with Gasteiger partial charge in [-0.1, -0.05) is 30.4 Å². The Labute approximate surface area is 68.3 Å². The molecule has 0 heterocycles. The van der Waals surface area contributed by atoms with Crippen LogP contribution in [0.25, 0.3) is 0 Å². The molecule has 0 bridgehead atoms. The Bertz CT molecular complexity index is 218. The van der Waals surface area contributed by atoms with Crippen molar-refractivity contribution in [1.29, 1.82) is 0 Å². The molecule has 2 radical (unpaired) electrons. The van der Waals surface area contributed by atoms with E-state index in [2.05, 4.69) is 36.8 Å². The molecule has 11 heavy (non-hydrogen) atoms. The third kappa shape index (κ3) is 1.45. The molecular formula is C11H12. The van der Waals surface area contributed by atoms with E-state index in [1.165, 1.54) is 18.4 Å². The molecule has 0 amide bonds. The molecular weight excluding hydrogens is 132 g/mol. The number of rotatable bonds is 0. The van der Waals surface area contributed by atoms with E-state index in [1.807, 2.05) is 0 Å². The minimum absolute atomic E-state index is 0.488. The summed E-state index contributed by atoms with van der Waals surface area (Å²) in [5, 5.41) is 0. The Kier molecular flexibility index (Phi) is 1.93. The van der Waals surface area contributed by atoms with Gasteiger partial charge in [-0.05, 0) is 31.3 Å². The summed E-state index contributed by atoms with van der Waals surface area (Å²) >= 11 is 0. The molecule has 1 atom stereocenters. The van der Waals surface area contributed by atoms with Gasteiger partial charge in [-0.3, -0.25) is 0 Å². The average Bonchev–Trinajstić information content (AvgIpc) is 2.28. The fourth-order valence-corrected chi connectivity index (χ4v) is 1.57. The van der Waals surface area contributed by atoms with Gasteiger partial charge in [0.2, 0.25) is 0 Å². The summed E-state index contributed by atoms with van der Waals surface area (Å²) in [6.07, 6.45) is 18.1. The van der Waals surface area contributed by atoms with E-state index >= 15 is 0 Å². The van der Waals surface area contributed by atoms with Gasteiger partial charge in [0.15, 0.2) is 0 Å². The molecule has 0 saturated carbocycles. The lowest BCUT2D eigenvalue weighted by Gasteiger charge is -2.13. The zero-order valence-corrected chi connectivity index (χ0v) is 6.59. The summed E-state index contributed by atoms with van der Waals surface area (Å²) in [7, 11) is 0. The van der Waals surface area contributed by atoms with Crippen LogP contribution in [0, 0.1) is 12.3 Å². The van der Waals surface area contributed by atoms with Gasteiger partial charge < -0.3 is 0 Å². The molecule has 1 unspecified atom stereocenters. The van der Waals surface area contributed by atoms with E-state index in [9.17, 15) is 0 Å². The number of allylic oxidation sites excluding steroid dienone is 6. The van der Waals surface area contributed by atoms with Crippen molar-refractivity contribution in [3.8, 4) is 0 Å². The van der Waals surface area contributed by atoms with Crippen LogP contribution in [0.5, 0.6) is 0 Å².